The first kappa shape index (κ1) is 39.9. The van der Waals surface area contributed by atoms with Crippen LogP contribution in [0.5, 0.6) is 0 Å². The van der Waals surface area contributed by atoms with Gasteiger partial charge in [-0.15, -0.1) is 0 Å². The number of rotatable bonds is 8. The Morgan fingerprint density at radius 3 is 2.37 bits per heavy atom. The summed E-state index contributed by atoms with van der Waals surface area (Å²) in [5.74, 6) is -3.00. The number of cyclic esters (lactones) is 1. The number of hydrogen-bond acceptors (Lipinski definition) is 12. The molecule has 49 heavy (non-hydrogen) atoms. The maximum atomic E-state index is 14.3. The lowest BCUT2D eigenvalue weighted by atomic mass is 9.78. The van der Waals surface area contributed by atoms with E-state index in [1.54, 1.807) is 27.9 Å². The molecular formula is C36H64N4O9. The van der Waals surface area contributed by atoms with Crippen molar-refractivity contribution in [3.05, 3.63) is 0 Å². The highest BCUT2D eigenvalue weighted by molar-refractivity contribution is 6.00. The van der Waals surface area contributed by atoms with Gasteiger partial charge in [-0.25, -0.2) is 4.79 Å². The first-order valence-corrected chi connectivity index (χ1v) is 18.3. The van der Waals surface area contributed by atoms with Gasteiger partial charge in [-0.1, -0.05) is 27.2 Å². The monoisotopic (exact) mass is 696 g/mol. The second kappa shape index (κ2) is 16.2. The summed E-state index contributed by atoms with van der Waals surface area (Å²) in [6.07, 6.45) is 0.566. The number of alkyl carbamates (subject to hydrolysis) is 1. The van der Waals surface area contributed by atoms with Crippen molar-refractivity contribution in [2.45, 2.75) is 153 Å². The van der Waals surface area contributed by atoms with Gasteiger partial charge in [0.25, 0.3) is 0 Å². The summed E-state index contributed by atoms with van der Waals surface area (Å²) in [4.78, 5) is 44.8. The molecule has 13 nitrogen and oxygen atoms in total. The first-order valence-electron chi connectivity index (χ1n) is 18.3. The van der Waals surface area contributed by atoms with Crippen molar-refractivity contribution in [2.24, 2.45) is 17.8 Å². The van der Waals surface area contributed by atoms with E-state index in [9.17, 15) is 19.5 Å². The molecular weight excluding hydrogens is 632 g/mol. The first-order chi connectivity index (χ1) is 22.9. The molecule has 0 aromatic carbocycles. The Hall–Kier alpha value is -1.87. The molecule has 4 rings (SSSR count). The Morgan fingerprint density at radius 1 is 1.12 bits per heavy atom. The number of ketones is 1. The second-order valence-electron chi connectivity index (χ2n) is 15.9. The highest BCUT2D eigenvalue weighted by Crippen LogP contribution is 2.38. The van der Waals surface area contributed by atoms with Crippen LogP contribution in [0.3, 0.4) is 0 Å². The zero-order valence-electron chi connectivity index (χ0n) is 31.7. The zero-order chi connectivity index (χ0) is 36.4. The third kappa shape index (κ3) is 8.61. The summed E-state index contributed by atoms with van der Waals surface area (Å²) in [5.41, 5.74) is -2.16. The lowest BCUT2D eigenvalue weighted by Crippen LogP contribution is -2.60. The standard InChI is InChI=1S/C36H64N4O9/c1-12-27-36(7)30(38-34(44)49-36)23(5)40(10)19-20(2)17-35(6,45-11)31(21(3)28(41)22(4)32(43)47-27)48-33-29(42)26(39(8)9)16-25(46-33)18-37-24-14-13-15-24/h20-27,29-31,33,37,42H,12-19H2,1-11H3,(H,38,44)/t20-,21+,22?,23-,25+,26+,27-,29-,30-,31-,33+,35-,36-/m1/s1. The topological polar surface area (TPSA) is 148 Å². The number of fused-ring (bicyclic) bond motifs is 1. The van der Waals surface area contributed by atoms with Crippen molar-refractivity contribution in [1.82, 2.24) is 20.4 Å². The minimum atomic E-state index is -1.15. The van der Waals surface area contributed by atoms with Gasteiger partial charge in [0.1, 0.15) is 18.1 Å². The Balaban J connectivity index is 1.69. The van der Waals surface area contributed by atoms with Crippen LogP contribution < -0.4 is 10.6 Å². The maximum Gasteiger partial charge on any atom is 0.408 e. The van der Waals surface area contributed by atoms with Gasteiger partial charge in [-0.05, 0) is 86.9 Å². The summed E-state index contributed by atoms with van der Waals surface area (Å²) in [6.45, 7) is 14.3. The van der Waals surface area contributed by atoms with Crippen molar-refractivity contribution in [2.75, 3.05) is 41.3 Å². The minimum absolute atomic E-state index is 0.0450. The summed E-state index contributed by atoms with van der Waals surface area (Å²) >= 11 is 0. The van der Waals surface area contributed by atoms with Crippen LogP contribution in [0.15, 0.2) is 0 Å². The van der Waals surface area contributed by atoms with Gasteiger partial charge in [0, 0.05) is 44.2 Å². The number of likely N-dealkylation sites (N-methyl/N-ethyl adjacent to an activating group) is 2. The van der Waals surface area contributed by atoms with Crippen LogP contribution in [0.25, 0.3) is 0 Å². The number of ether oxygens (including phenoxy) is 5. The van der Waals surface area contributed by atoms with E-state index in [0.29, 0.717) is 38.4 Å². The van der Waals surface area contributed by atoms with Crippen molar-refractivity contribution in [1.29, 1.82) is 0 Å². The van der Waals surface area contributed by atoms with Gasteiger partial charge >= 0.3 is 12.1 Å². The van der Waals surface area contributed by atoms with Gasteiger partial charge < -0.3 is 49.2 Å². The summed E-state index contributed by atoms with van der Waals surface area (Å²) < 4.78 is 31.4. The average Bonchev–Trinajstić information content (AvgIpc) is 3.34. The normalized spacial score (nSPS) is 43.5. The lowest BCUT2D eigenvalue weighted by Gasteiger charge is -2.47. The molecule has 3 aliphatic heterocycles. The number of methoxy groups -OCH3 is 1. The quantitative estimate of drug-likeness (QED) is 0.253. The third-order valence-corrected chi connectivity index (χ3v) is 11.9. The summed E-state index contributed by atoms with van der Waals surface area (Å²) in [7, 11) is 7.47. The Morgan fingerprint density at radius 2 is 1.80 bits per heavy atom. The highest BCUT2D eigenvalue weighted by Gasteiger charge is 2.56. The fourth-order valence-electron chi connectivity index (χ4n) is 8.44. The molecule has 1 saturated carbocycles. The smallest absolute Gasteiger partial charge is 0.408 e. The van der Waals surface area contributed by atoms with Crippen LogP contribution in [-0.2, 0) is 33.3 Å². The fraction of sp³-hybridized carbons (Fsp3) is 0.917. The molecule has 3 saturated heterocycles. The van der Waals surface area contributed by atoms with E-state index in [1.807, 2.05) is 46.8 Å². The van der Waals surface area contributed by atoms with Crippen LogP contribution >= 0.6 is 0 Å². The molecule has 1 aliphatic carbocycles. The molecule has 0 spiro atoms. The van der Waals surface area contributed by atoms with Crippen LogP contribution in [0.4, 0.5) is 4.79 Å². The Kier molecular flexibility index (Phi) is 13.2. The number of esters is 1. The summed E-state index contributed by atoms with van der Waals surface area (Å²) in [6, 6.07) is -0.413. The van der Waals surface area contributed by atoms with Gasteiger partial charge in [0.15, 0.2) is 17.7 Å². The van der Waals surface area contributed by atoms with E-state index >= 15 is 0 Å². The molecule has 0 aromatic heterocycles. The number of nitrogens with zero attached hydrogens (tertiary/aromatic N) is 2. The van der Waals surface area contributed by atoms with Gasteiger partial charge in [0.05, 0.1) is 23.9 Å². The molecule has 282 valence electrons. The van der Waals surface area contributed by atoms with Crippen molar-refractivity contribution < 1.29 is 43.2 Å². The number of hydrogen-bond donors (Lipinski definition) is 3. The van der Waals surface area contributed by atoms with Crippen molar-refractivity contribution in [3.8, 4) is 0 Å². The zero-order valence-corrected chi connectivity index (χ0v) is 31.7. The largest absolute Gasteiger partial charge is 0.458 e. The molecule has 3 heterocycles. The Bertz CT molecular complexity index is 1160. The third-order valence-electron chi connectivity index (χ3n) is 11.9. The SMILES string of the molecule is CC[C@H]1OC(=O)C(C)C(=O)[C@H](C)[C@@H](O[C@@H]2O[C@H](CNC3CCC3)C[C@H](N(C)C)[C@H]2O)[C@](C)(OC)C[C@@H](C)CN(C)[C@H](C)[C@H]2NC(=O)O[C@@]21C. The molecule has 0 aromatic rings. The number of Topliss-reactive ketones (excluding diaryl/α,β-unsaturated/α-hetero) is 1. The highest BCUT2D eigenvalue weighted by atomic mass is 16.7. The predicted octanol–water partition coefficient (Wildman–Crippen LogP) is 2.72. The molecule has 3 N–H and O–H groups in total. The molecule has 13 atom stereocenters. The second-order valence-corrected chi connectivity index (χ2v) is 15.9. The van der Waals surface area contributed by atoms with Crippen LogP contribution in [0.1, 0.15) is 87.0 Å². The van der Waals surface area contributed by atoms with Crippen molar-refractivity contribution >= 4 is 17.8 Å². The molecule has 13 heteroatoms. The van der Waals surface area contributed by atoms with Crippen LogP contribution in [0, 0.1) is 17.8 Å². The fourth-order valence-corrected chi connectivity index (χ4v) is 8.44. The predicted molar refractivity (Wildman–Crippen MR) is 184 cm³/mol. The molecule has 0 bridgehead atoms. The molecule has 4 fully saturated rings. The maximum absolute atomic E-state index is 14.3. The van der Waals surface area contributed by atoms with E-state index in [0.717, 1.165) is 12.8 Å². The molecule has 4 aliphatic rings. The number of aliphatic hydroxyl groups is 1. The van der Waals surface area contributed by atoms with E-state index in [2.05, 4.69) is 22.5 Å². The summed E-state index contributed by atoms with van der Waals surface area (Å²) in [5, 5.41) is 18.2. The molecule has 1 unspecified atom stereocenters. The number of nitrogens with one attached hydrogen (secondary N) is 2. The van der Waals surface area contributed by atoms with E-state index < -0.39 is 65.7 Å². The van der Waals surface area contributed by atoms with E-state index in [1.165, 1.54) is 6.42 Å². The van der Waals surface area contributed by atoms with Crippen LogP contribution in [0.2, 0.25) is 0 Å². The number of carbonyl (C=O) groups excluding carboxylic acids is 3. The number of amides is 1. The van der Waals surface area contributed by atoms with E-state index in [4.69, 9.17) is 23.7 Å². The van der Waals surface area contributed by atoms with E-state index in [-0.39, 0.29) is 29.9 Å². The molecule has 1 amide bonds. The number of aliphatic hydroxyl groups excluding tert-OH is 1. The average molecular weight is 697 g/mol. The van der Waals surface area contributed by atoms with Crippen LogP contribution in [-0.4, -0.2) is 140 Å². The van der Waals surface area contributed by atoms with Gasteiger partial charge in [-0.3, -0.25) is 9.59 Å². The minimum Gasteiger partial charge on any atom is -0.458 e. The van der Waals surface area contributed by atoms with Gasteiger partial charge in [-0.2, -0.15) is 0 Å². The van der Waals surface area contributed by atoms with Crippen molar-refractivity contribution in [3.63, 3.8) is 0 Å². The lowest BCUT2D eigenvalue weighted by molar-refractivity contribution is -0.297. The van der Waals surface area contributed by atoms with Gasteiger partial charge in [0.2, 0.25) is 0 Å². The Labute approximate surface area is 293 Å². The molecule has 0 radical (unpaired) electrons. The number of carbonyl (C=O) groups is 3.